The first-order valence-corrected chi connectivity index (χ1v) is 14.6. The molecule has 8 fully saturated rings. The van der Waals surface area contributed by atoms with Gasteiger partial charge < -0.3 is 4.74 Å². The molecule has 5 unspecified atom stereocenters. The maximum Gasteiger partial charge on any atom is 0.0698 e. The molecule has 1 nitrogen and oxygen atoms in total. The third-order valence-electron chi connectivity index (χ3n) is 12.1. The van der Waals surface area contributed by atoms with E-state index in [0.717, 1.165) is 12.5 Å². The number of rotatable bonds is 5. The molecular weight excluding hydrogens is 456 g/mol. The van der Waals surface area contributed by atoms with E-state index in [1.165, 1.54) is 70.6 Å². The van der Waals surface area contributed by atoms with Crippen LogP contribution < -0.4 is 0 Å². The molecule has 0 N–H and O–H groups in total. The topological polar surface area (TPSA) is 9.23 Å². The van der Waals surface area contributed by atoms with Crippen LogP contribution in [0.25, 0.3) is 0 Å². The molecule has 2 heteroatoms. The van der Waals surface area contributed by atoms with Crippen molar-refractivity contribution >= 4 is 15.9 Å². The maximum absolute atomic E-state index is 7.17. The second-order valence-electron chi connectivity index (χ2n) is 16.8. The molecule has 8 bridgehead atoms. The van der Waals surface area contributed by atoms with Crippen LogP contribution in [0.15, 0.2) is 0 Å². The fraction of sp³-hybridized carbons (Fsp3) is 1.00. The van der Waals surface area contributed by atoms with Crippen molar-refractivity contribution in [2.24, 2.45) is 44.3 Å². The first-order valence-electron chi connectivity index (χ1n) is 13.9. The molecule has 0 radical (unpaired) electrons. The van der Waals surface area contributed by atoms with Gasteiger partial charge >= 0.3 is 0 Å². The summed E-state index contributed by atoms with van der Waals surface area (Å²) in [6.07, 6.45) is 17.6. The maximum atomic E-state index is 7.17. The van der Waals surface area contributed by atoms with E-state index in [1.54, 1.807) is 6.42 Å². The number of ether oxygens (including phenoxy) is 1. The Balaban J connectivity index is 1.39. The van der Waals surface area contributed by atoms with E-state index < -0.39 is 0 Å². The van der Waals surface area contributed by atoms with Gasteiger partial charge in [-0.15, -0.1) is 0 Å². The van der Waals surface area contributed by atoms with E-state index in [9.17, 15) is 0 Å². The molecule has 0 aromatic rings. The van der Waals surface area contributed by atoms with Crippen LogP contribution in [0.5, 0.6) is 0 Å². The van der Waals surface area contributed by atoms with Crippen molar-refractivity contribution in [3.05, 3.63) is 0 Å². The van der Waals surface area contributed by atoms with Crippen molar-refractivity contribution in [3.63, 3.8) is 0 Å². The van der Waals surface area contributed by atoms with E-state index in [-0.39, 0.29) is 9.93 Å². The molecule has 8 aliphatic rings. The number of halogens is 1. The molecule has 8 aliphatic carbocycles. The molecule has 0 amide bonds. The van der Waals surface area contributed by atoms with Gasteiger partial charge in [-0.25, -0.2) is 0 Å². The number of hydrogen-bond donors (Lipinski definition) is 0. The van der Waals surface area contributed by atoms with Gasteiger partial charge in [0.1, 0.15) is 0 Å². The van der Waals surface area contributed by atoms with Crippen LogP contribution in [-0.2, 0) is 4.74 Å². The van der Waals surface area contributed by atoms with Crippen molar-refractivity contribution in [2.75, 3.05) is 6.61 Å². The van der Waals surface area contributed by atoms with Gasteiger partial charge in [-0.05, 0) is 135 Å². The van der Waals surface area contributed by atoms with Crippen molar-refractivity contribution in [1.82, 2.24) is 0 Å². The molecule has 8 rings (SSSR count). The summed E-state index contributed by atoms with van der Waals surface area (Å²) in [4.78, 5) is 0. The van der Waals surface area contributed by atoms with Gasteiger partial charge in [-0.1, -0.05) is 50.5 Å². The van der Waals surface area contributed by atoms with Crippen LogP contribution in [-0.4, -0.2) is 16.5 Å². The molecule has 0 aliphatic heterocycles. The quantitative estimate of drug-likeness (QED) is 0.339. The summed E-state index contributed by atoms with van der Waals surface area (Å²) in [5.74, 6) is 1.53. The van der Waals surface area contributed by atoms with Crippen molar-refractivity contribution in [2.45, 2.75) is 135 Å². The summed E-state index contributed by atoms with van der Waals surface area (Å²) in [6, 6.07) is 0. The summed E-state index contributed by atoms with van der Waals surface area (Å²) in [6.45, 7) is 18.6. The fourth-order valence-corrected chi connectivity index (χ4v) is 13.0. The first-order chi connectivity index (χ1) is 14.5. The monoisotopic (exact) mass is 504 g/mol. The summed E-state index contributed by atoms with van der Waals surface area (Å²) in [5.41, 5.74) is 3.46. The normalized spacial score (nSPS) is 59.1. The van der Waals surface area contributed by atoms with Crippen LogP contribution in [0, 0.1) is 44.3 Å². The molecule has 182 valence electrons. The van der Waals surface area contributed by atoms with Crippen molar-refractivity contribution in [3.8, 4) is 0 Å². The van der Waals surface area contributed by atoms with Gasteiger partial charge in [0.2, 0.25) is 0 Å². The van der Waals surface area contributed by atoms with E-state index >= 15 is 0 Å². The third kappa shape index (κ3) is 3.23. The third-order valence-corrected chi connectivity index (χ3v) is 12.9. The highest BCUT2D eigenvalue weighted by molar-refractivity contribution is 9.10. The Labute approximate surface area is 206 Å². The molecule has 5 atom stereocenters. The van der Waals surface area contributed by atoms with E-state index in [4.69, 9.17) is 4.74 Å². The van der Waals surface area contributed by atoms with E-state index in [0.29, 0.717) is 38.4 Å². The minimum atomic E-state index is 0.135. The highest BCUT2D eigenvalue weighted by Crippen LogP contribution is 2.82. The smallest absolute Gasteiger partial charge is 0.0698 e. The Hall–Kier alpha value is 0.440. The average Bonchev–Trinajstić information content (AvgIpc) is 2.52. The van der Waals surface area contributed by atoms with Crippen LogP contribution in [0.2, 0.25) is 0 Å². The Bertz CT molecular complexity index is 785. The van der Waals surface area contributed by atoms with Gasteiger partial charge in [0.15, 0.2) is 0 Å². The van der Waals surface area contributed by atoms with Crippen LogP contribution in [0.3, 0.4) is 0 Å². The zero-order chi connectivity index (χ0) is 23.1. The summed E-state index contributed by atoms with van der Waals surface area (Å²) >= 11 is 3.93. The summed E-state index contributed by atoms with van der Waals surface area (Å²) in [7, 11) is 0. The Kier molecular flexibility index (Phi) is 4.45. The van der Waals surface area contributed by atoms with Gasteiger partial charge in [0, 0.05) is 4.32 Å². The molecule has 0 spiro atoms. The Morgan fingerprint density at radius 3 is 1.72 bits per heavy atom. The first kappa shape index (κ1) is 22.9. The lowest BCUT2D eigenvalue weighted by Crippen LogP contribution is -2.71. The molecule has 32 heavy (non-hydrogen) atoms. The number of alkyl halides is 1. The van der Waals surface area contributed by atoms with Gasteiger partial charge in [0.25, 0.3) is 0 Å². The molecule has 8 saturated carbocycles. The van der Waals surface area contributed by atoms with Crippen molar-refractivity contribution in [1.29, 1.82) is 0 Å². The lowest BCUT2D eigenvalue weighted by Gasteiger charge is -2.78. The molecule has 0 aromatic carbocycles. The summed E-state index contributed by atoms with van der Waals surface area (Å²) in [5, 5.41) is 0. The standard InChI is InChI=1S/C30H49BrO/c1-21(23(2,3)31)11-32-30-18-26(6)13-27(7,19-30)17-29(16-26,20-30)28-10-22-8-24(4,14-28)12-25(5,9-22)15-28/h21-22H,8-20H2,1-7H3. The SMILES string of the molecule is CC(COC12CC3(C)CC(C)(C1)CC(C14CC5CC(C)(CC(C)(C5)C1)C4)(C3)C2)C(C)(C)Br. The van der Waals surface area contributed by atoms with Crippen LogP contribution in [0.1, 0.15) is 126 Å². The Morgan fingerprint density at radius 2 is 1.22 bits per heavy atom. The number of hydrogen-bond acceptors (Lipinski definition) is 1. The van der Waals surface area contributed by atoms with Gasteiger partial charge in [-0.2, -0.15) is 0 Å². The van der Waals surface area contributed by atoms with Gasteiger partial charge in [-0.3, -0.25) is 0 Å². The zero-order valence-electron chi connectivity index (χ0n) is 22.1. The molecule has 0 heterocycles. The summed E-state index contributed by atoms with van der Waals surface area (Å²) < 4.78 is 7.31. The van der Waals surface area contributed by atoms with Crippen molar-refractivity contribution < 1.29 is 4.74 Å². The fourth-order valence-electron chi connectivity index (χ4n) is 12.8. The second kappa shape index (κ2) is 6.22. The predicted molar refractivity (Wildman–Crippen MR) is 137 cm³/mol. The lowest BCUT2D eigenvalue weighted by molar-refractivity contribution is -0.307. The van der Waals surface area contributed by atoms with Crippen LogP contribution in [0.4, 0.5) is 0 Å². The largest absolute Gasteiger partial charge is 0.375 e. The molecular formula is C30H49BrO. The minimum Gasteiger partial charge on any atom is -0.375 e. The highest BCUT2D eigenvalue weighted by atomic mass is 79.9. The Morgan fingerprint density at radius 1 is 0.719 bits per heavy atom. The minimum absolute atomic E-state index is 0.135. The van der Waals surface area contributed by atoms with Gasteiger partial charge in [0.05, 0.1) is 12.2 Å². The van der Waals surface area contributed by atoms with E-state index in [2.05, 4.69) is 64.4 Å². The zero-order valence-corrected chi connectivity index (χ0v) is 23.7. The second-order valence-corrected chi connectivity index (χ2v) is 18.9. The molecule has 0 aromatic heterocycles. The van der Waals surface area contributed by atoms with E-state index in [1.807, 2.05) is 0 Å². The molecule has 0 saturated heterocycles. The van der Waals surface area contributed by atoms with Crippen LogP contribution >= 0.6 is 15.9 Å². The lowest BCUT2D eigenvalue weighted by atomic mass is 9.28. The average molecular weight is 506 g/mol. The predicted octanol–water partition coefficient (Wildman–Crippen LogP) is 8.93. The highest BCUT2D eigenvalue weighted by Gasteiger charge is 2.74.